The van der Waals surface area contributed by atoms with Gasteiger partial charge in [0.1, 0.15) is 23.2 Å². The Bertz CT molecular complexity index is 627. The summed E-state index contributed by atoms with van der Waals surface area (Å²) in [6.45, 7) is 9.06. The summed E-state index contributed by atoms with van der Waals surface area (Å²) in [5.74, 6) is 1.54. The Morgan fingerprint density at radius 3 is 2.48 bits per heavy atom. The van der Waals surface area contributed by atoms with Crippen LogP contribution >= 0.6 is 11.6 Å². The smallest absolute Gasteiger partial charge is 0.134 e. The molecule has 0 aliphatic heterocycles. The van der Waals surface area contributed by atoms with Crippen molar-refractivity contribution in [1.29, 1.82) is 0 Å². The molecule has 5 heteroatoms. The maximum Gasteiger partial charge on any atom is 0.134 e. The van der Waals surface area contributed by atoms with E-state index in [2.05, 4.69) is 18.8 Å². The fourth-order valence-corrected chi connectivity index (χ4v) is 2.64. The largest absolute Gasteiger partial charge is 0.383 e. The SMILES string of the molecule is CC(C)Cn1c(C(C)C)nc(-c2c(F)cccc2Cl)c1N. The van der Waals surface area contributed by atoms with Crippen LogP contribution in [0.1, 0.15) is 39.4 Å². The van der Waals surface area contributed by atoms with Gasteiger partial charge in [0.2, 0.25) is 0 Å². The summed E-state index contributed by atoms with van der Waals surface area (Å²) in [7, 11) is 0. The molecule has 0 bridgehead atoms. The van der Waals surface area contributed by atoms with Crippen LogP contribution in [0.4, 0.5) is 10.2 Å². The Hall–Kier alpha value is -1.55. The topological polar surface area (TPSA) is 43.8 Å². The van der Waals surface area contributed by atoms with Gasteiger partial charge in [0, 0.05) is 12.5 Å². The number of nitrogens with zero attached hydrogens (tertiary/aromatic N) is 2. The van der Waals surface area contributed by atoms with Crippen LogP contribution in [0.2, 0.25) is 5.02 Å². The molecule has 2 rings (SSSR count). The first-order valence-corrected chi connectivity index (χ1v) is 7.51. The van der Waals surface area contributed by atoms with Crippen molar-refractivity contribution in [3.63, 3.8) is 0 Å². The second kappa shape index (κ2) is 6.06. The molecule has 0 saturated carbocycles. The zero-order chi connectivity index (χ0) is 15.7. The molecule has 0 radical (unpaired) electrons. The molecule has 2 N–H and O–H groups in total. The maximum atomic E-state index is 14.1. The second-order valence-corrected chi connectivity index (χ2v) is 6.37. The number of halogens is 2. The highest BCUT2D eigenvalue weighted by atomic mass is 35.5. The van der Waals surface area contributed by atoms with Crippen molar-refractivity contribution in [1.82, 2.24) is 9.55 Å². The highest BCUT2D eigenvalue weighted by molar-refractivity contribution is 6.33. The van der Waals surface area contributed by atoms with Crippen molar-refractivity contribution in [2.45, 2.75) is 40.2 Å². The van der Waals surface area contributed by atoms with Crippen LogP contribution in [-0.2, 0) is 6.54 Å². The Kier molecular flexibility index (Phi) is 4.57. The number of hydrogen-bond acceptors (Lipinski definition) is 2. The van der Waals surface area contributed by atoms with Crippen LogP contribution in [0.3, 0.4) is 0 Å². The molecule has 1 aromatic carbocycles. The number of benzene rings is 1. The normalized spacial score (nSPS) is 11.6. The molecular weight excluding hydrogens is 289 g/mol. The molecule has 0 unspecified atom stereocenters. The lowest BCUT2D eigenvalue weighted by Crippen LogP contribution is -2.12. The Morgan fingerprint density at radius 1 is 1.29 bits per heavy atom. The summed E-state index contributed by atoms with van der Waals surface area (Å²) in [5.41, 5.74) is 6.95. The van der Waals surface area contributed by atoms with Gasteiger partial charge in [0.05, 0.1) is 10.6 Å². The van der Waals surface area contributed by atoms with Crippen LogP contribution in [0.25, 0.3) is 11.3 Å². The van der Waals surface area contributed by atoms with Crippen molar-refractivity contribution in [3.8, 4) is 11.3 Å². The van der Waals surface area contributed by atoms with E-state index < -0.39 is 5.82 Å². The van der Waals surface area contributed by atoms with Crippen molar-refractivity contribution < 1.29 is 4.39 Å². The number of rotatable bonds is 4. The number of anilines is 1. The maximum absolute atomic E-state index is 14.1. The first-order valence-electron chi connectivity index (χ1n) is 7.13. The second-order valence-electron chi connectivity index (χ2n) is 5.96. The summed E-state index contributed by atoms with van der Waals surface area (Å²) in [4.78, 5) is 4.57. The van der Waals surface area contributed by atoms with E-state index in [-0.39, 0.29) is 11.5 Å². The molecule has 114 valence electrons. The van der Waals surface area contributed by atoms with E-state index in [0.717, 1.165) is 12.4 Å². The minimum absolute atomic E-state index is 0.199. The van der Waals surface area contributed by atoms with Crippen LogP contribution in [0, 0.1) is 11.7 Å². The van der Waals surface area contributed by atoms with E-state index in [1.54, 1.807) is 12.1 Å². The number of hydrogen-bond donors (Lipinski definition) is 1. The molecule has 2 aromatic rings. The third-order valence-electron chi connectivity index (χ3n) is 3.30. The van der Waals surface area contributed by atoms with Crippen molar-refractivity contribution in [3.05, 3.63) is 34.9 Å². The van der Waals surface area contributed by atoms with Crippen LogP contribution in [-0.4, -0.2) is 9.55 Å². The molecule has 21 heavy (non-hydrogen) atoms. The van der Waals surface area contributed by atoms with Gasteiger partial charge >= 0.3 is 0 Å². The number of nitrogen functional groups attached to an aromatic ring is 1. The molecule has 0 saturated heterocycles. The summed E-state index contributed by atoms with van der Waals surface area (Å²) in [5, 5.41) is 0.325. The molecule has 0 amide bonds. The Labute approximate surface area is 129 Å². The van der Waals surface area contributed by atoms with Gasteiger partial charge in [-0.1, -0.05) is 45.4 Å². The minimum atomic E-state index is -0.404. The highest BCUT2D eigenvalue weighted by Crippen LogP contribution is 2.35. The number of aromatic nitrogens is 2. The summed E-state index contributed by atoms with van der Waals surface area (Å²) in [6, 6.07) is 4.60. The van der Waals surface area contributed by atoms with Gasteiger partial charge in [0.15, 0.2) is 0 Å². The third kappa shape index (κ3) is 3.05. The zero-order valence-electron chi connectivity index (χ0n) is 12.8. The highest BCUT2D eigenvalue weighted by Gasteiger charge is 2.22. The fraction of sp³-hybridized carbons (Fsp3) is 0.438. The molecule has 1 heterocycles. The molecule has 0 spiro atoms. The summed E-state index contributed by atoms with van der Waals surface area (Å²) < 4.78 is 16.1. The van der Waals surface area contributed by atoms with E-state index in [1.165, 1.54) is 6.07 Å². The lowest BCUT2D eigenvalue weighted by molar-refractivity contribution is 0.502. The number of imidazole rings is 1. The quantitative estimate of drug-likeness (QED) is 0.889. The molecule has 0 atom stereocenters. The van der Waals surface area contributed by atoms with Gasteiger partial charge in [-0.15, -0.1) is 0 Å². The van der Waals surface area contributed by atoms with E-state index in [9.17, 15) is 4.39 Å². The van der Waals surface area contributed by atoms with Gasteiger partial charge in [-0.05, 0) is 18.1 Å². The average molecular weight is 310 g/mol. The minimum Gasteiger partial charge on any atom is -0.383 e. The van der Waals surface area contributed by atoms with Crippen LogP contribution in [0.5, 0.6) is 0 Å². The van der Waals surface area contributed by atoms with Crippen LogP contribution in [0.15, 0.2) is 18.2 Å². The first-order chi connectivity index (χ1) is 9.82. The summed E-state index contributed by atoms with van der Waals surface area (Å²) in [6.07, 6.45) is 0. The third-order valence-corrected chi connectivity index (χ3v) is 3.61. The van der Waals surface area contributed by atoms with Gasteiger partial charge in [-0.25, -0.2) is 9.37 Å². The predicted octanol–water partition coefficient (Wildman–Crippen LogP) is 4.70. The van der Waals surface area contributed by atoms with Gasteiger partial charge in [-0.3, -0.25) is 0 Å². The molecular formula is C16H21ClFN3. The van der Waals surface area contributed by atoms with Crippen molar-refractivity contribution in [2.75, 3.05) is 5.73 Å². The lowest BCUT2D eigenvalue weighted by atomic mass is 10.1. The molecule has 0 aliphatic carbocycles. The van der Waals surface area contributed by atoms with Gasteiger partial charge < -0.3 is 10.3 Å². The van der Waals surface area contributed by atoms with E-state index in [1.807, 2.05) is 18.4 Å². The van der Waals surface area contributed by atoms with Gasteiger partial charge in [-0.2, -0.15) is 0 Å². The fourth-order valence-electron chi connectivity index (χ4n) is 2.39. The predicted molar refractivity (Wildman–Crippen MR) is 86.0 cm³/mol. The van der Waals surface area contributed by atoms with Crippen molar-refractivity contribution in [2.24, 2.45) is 5.92 Å². The monoisotopic (exact) mass is 309 g/mol. The van der Waals surface area contributed by atoms with E-state index >= 15 is 0 Å². The van der Waals surface area contributed by atoms with E-state index in [4.69, 9.17) is 17.3 Å². The number of nitrogens with two attached hydrogens (primary N) is 1. The molecule has 3 nitrogen and oxygen atoms in total. The average Bonchev–Trinajstić information content (AvgIpc) is 2.67. The van der Waals surface area contributed by atoms with Crippen molar-refractivity contribution >= 4 is 17.4 Å². The molecule has 0 aliphatic rings. The Morgan fingerprint density at radius 2 is 1.95 bits per heavy atom. The molecule has 0 fully saturated rings. The first kappa shape index (κ1) is 15.8. The standard InChI is InChI=1S/C16H21ClFN3/c1-9(2)8-21-15(19)14(20-16(21)10(3)4)13-11(17)6-5-7-12(13)18/h5-7,9-10H,8,19H2,1-4H3. The lowest BCUT2D eigenvalue weighted by Gasteiger charge is -2.14. The van der Waals surface area contributed by atoms with Crippen LogP contribution < -0.4 is 5.73 Å². The Balaban J connectivity index is 2.66. The van der Waals surface area contributed by atoms with Gasteiger partial charge in [0.25, 0.3) is 0 Å². The zero-order valence-corrected chi connectivity index (χ0v) is 13.6. The van der Waals surface area contributed by atoms with E-state index in [0.29, 0.717) is 22.5 Å². The summed E-state index contributed by atoms with van der Waals surface area (Å²) >= 11 is 6.14. The molecule has 1 aromatic heterocycles.